The lowest BCUT2D eigenvalue weighted by Gasteiger charge is -2.21. The van der Waals surface area contributed by atoms with Crippen LogP contribution in [0.5, 0.6) is 0 Å². The second kappa shape index (κ2) is 6.74. The molecule has 1 heterocycles. The van der Waals surface area contributed by atoms with Gasteiger partial charge in [-0.2, -0.15) is 5.26 Å². The molecule has 1 aliphatic heterocycles. The zero-order chi connectivity index (χ0) is 14.5. The van der Waals surface area contributed by atoms with Gasteiger partial charge in [0.25, 0.3) is 0 Å². The second-order valence-corrected chi connectivity index (χ2v) is 5.61. The molecule has 2 atom stereocenters. The molecule has 0 spiro atoms. The van der Waals surface area contributed by atoms with Gasteiger partial charge in [-0.25, -0.2) is 0 Å². The van der Waals surface area contributed by atoms with Crippen molar-refractivity contribution in [2.75, 3.05) is 6.54 Å². The quantitative estimate of drug-likeness (QED) is 0.923. The van der Waals surface area contributed by atoms with Gasteiger partial charge in [0.05, 0.1) is 6.07 Å². The minimum atomic E-state index is -0.273. The maximum Gasteiger partial charge on any atom is 0.225 e. The van der Waals surface area contributed by atoms with E-state index in [1.165, 1.54) is 0 Å². The van der Waals surface area contributed by atoms with Crippen LogP contribution < -0.4 is 5.73 Å². The van der Waals surface area contributed by atoms with Crippen molar-refractivity contribution in [3.63, 3.8) is 0 Å². The molecule has 5 heteroatoms. The predicted molar refractivity (Wildman–Crippen MR) is 78.1 cm³/mol. The van der Waals surface area contributed by atoms with E-state index in [0.717, 1.165) is 18.4 Å². The van der Waals surface area contributed by atoms with E-state index in [4.69, 9.17) is 22.6 Å². The first kappa shape index (κ1) is 14.8. The van der Waals surface area contributed by atoms with Crippen molar-refractivity contribution in [1.82, 2.24) is 4.90 Å². The predicted octanol–water partition coefficient (Wildman–Crippen LogP) is 2.11. The van der Waals surface area contributed by atoms with Gasteiger partial charge >= 0.3 is 0 Å². The van der Waals surface area contributed by atoms with Gasteiger partial charge in [0.2, 0.25) is 5.91 Å². The van der Waals surface area contributed by atoms with Crippen LogP contribution in [0.4, 0.5) is 0 Å². The van der Waals surface area contributed by atoms with Crippen LogP contribution in [0.15, 0.2) is 24.3 Å². The summed E-state index contributed by atoms with van der Waals surface area (Å²) in [5, 5.41) is 9.68. The highest BCUT2D eigenvalue weighted by Crippen LogP contribution is 2.18. The summed E-state index contributed by atoms with van der Waals surface area (Å²) in [6.45, 7) is 0.671. The summed E-state index contributed by atoms with van der Waals surface area (Å²) in [5.74, 6) is -0.0180. The third-order valence-electron chi connectivity index (χ3n) is 3.57. The Morgan fingerprint density at radius 3 is 2.85 bits per heavy atom. The summed E-state index contributed by atoms with van der Waals surface area (Å²) in [6, 6.07) is 9.14. The van der Waals surface area contributed by atoms with Crippen LogP contribution in [0.2, 0.25) is 5.02 Å². The Kier molecular flexibility index (Phi) is 4.99. The van der Waals surface area contributed by atoms with Crippen molar-refractivity contribution in [3.8, 4) is 6.07 Å². The summed E-state index contributed by atoms with van der Waals surface area (Å²) >= 11 is 5.83. The molecule has 1 aromatic rings. The Morgan fingerprint density at radius 1 is 1.50 bits per heavy atom. The molecule has 0 unspecified atom stereocenters. The van der Waals surface area contributed by atoms with Crippen molar-refractivity contribution in [2.45, 2.75) is 37.8 Å². The van der Waals surface area contributed by atoms with Gasteiger partial charge in [-0.15, -0.1) is 0 Å². The molecule has 1 aromatic carbocycles. The lowest BCUT2D eigenvalue weighted by molar-refractivity contribution is -0.131. The Balaban J connectivity index is 1.88. The lowest BCUT2D eigenvalue weighted by Crippen LogP contribution is -2.39. The number of hydrogen-bond donors (Lipinski definition) is 1. The number of carbonyl (C=O) groups excluding carboxylic acids is 1. The van der Waals surface area contributed by atoms with Crippen molar-refractivity contribution in [2.24, 2.45) is 5.73 Å². The topological polar surface area (TPSA) is 70.1 Å². The number of nitrogens with zero attached hydrogens (tertiary/aromatic N) is 2. The van der Waals surface area contributed by atoms with Crippen LogP contribution in [0, 0.1) is 11.3 Å². The van der Waals surface area contributed by atoms with E-state index in [0.29, 0.717) is 18.0 Å². The van der Waals surface area contributed by atoms with Crippen LogP contribution in [-0.4, -0.2) is 29.4 Å². The van der Waals surface area contributed by atoms with Crippen LogP contribution in [0.1, 0.15) is 24.8 Å². The second-order valence-electron chi connectivity index (χ2n) is 5.17. The van der Waals surface area contributed by atoms with E-state index < -0.39 is 0 Å². The van der Waals surface area contributed by atoms with E-state index in [9.17, 15) is 4.79 Å². The molecule has 106 valence electrons. The summed E-state index contributed by atoms with van der Waals surface area (Å²) in [5.41, 5.74) is 7.10. The Morgan fingerprint density at radius 2 is 2.20 bits per heavy atom. The summed E-state index contributed by atoms with van der Waals surface area (Å²) in [6.07, 6.45) is 2.58. The van der Waals surface area contributed by atoms with Gasteiger partial charge in [0.1, 0.15) is 6.04 Å². The number of nitrogens with two attached hydrogens (primary N) is 1. The maximum atomic E-state index is 12.1. The molecular formula is C15H18ClN3O. The number of hydrogen-bond acceptors (Lipinski definition) is 3. The molecule has 0 aliphatic carbocycles. The molecule has 2 rings (SSSR count). The van der Waals surface area contributed by atoms with Gasteiger partial charge in [0.15, 0.2) is 0 Å². The normalized spacial score (nSPS) is 19.6. The summed E-state index contributed by atoms with van der Waals surface area (Å²) in [7, 11) is 0. The van der Waals surface area contributed by atoms with E-state index in [1.807, 2.05) is 24.3 Å². The average molecular weight is 292 g/mol. The molecule has 1 fully saturated rings. The van der Waals surface area contributed by atoms with Gasteiger partial charge in [-0.1, -0.05) is 23.7 Å². The van der Waals surface area contributed by atoms with Crippen molar-refractivity contribution < 1.29 is 4.79 Å². The molecular weight excluding hydrogens is 274 g/mol. The molecule has 1 aliphatic rings. The zero-order valence-corrected chi connectivity index (χ0v) is 12.0. The van der Waals surface area contributed by atoms with Crippen molar-refractivity contribution in [1.29, 1.82) is 5.26 Å². The standard InChI is InChI=1S/C15H18ClN3O/c16-12-5-3-11(4-6-12)8-13(18)9-15(20)19-7-1-2-14(19)10-17/h3-6,13-14H,1-2,7-9,18H2/t13-,14+/m1/s1. The third-order valence-corrected chi connectivity index (χ3v) is 3.82. The first-order chi connectivity index (χ1) is 9.60. The number of likely N-dealkylation sites (tertiary alicyclic amines) is 1. The minimum absolute atomic E-state index is 0.0180. The van der Waals surface area contributed by atoms with Crippen LogP contribution in [0.25, 0.3) is 0 Å². The summed E-state index contributed by atoms with van der Waals surface area (Å²) in [4.78, 5) is 13.8. The molecule has 0 aromatic heterocycles. The van der Waals surface area contributed by atoms with Crippen molar-refractivity contribution in [3.05, 3.63) is 34.9 Å². The Labute approximate surface area is 124 Å². The third kappa shape index (κ3) is 3.72. The molecule has 2 N–H and O–H groups in total. The van der Waals surface area contributed by atoms with E-state index in [-0.39, 0.29) is 24.4 Å². The number of nitriles is 1. The van der Waals surface area contributed by atoms with E-state index in [1.54, 1.807) is 4.90 Å². The number of rotatable bonds is 4. The molecule has 0 saturated carbocycles. The van der Waals surface area contributed by atoms with Crippen LogP contribution in [0.3, 0.4) is 0 Å². The van der Waals surface area contributed by atoms with Crippen LogP contribution in [-0.2, 0) is 11.2 Å². The molecule has 4 nitrogen and oxygen atoms in total. The number of amides is 1. The van der Waals surface area contributed by atoms with Gasteiger partial charge in [-0.3, -0.25) is 4.79 Å². The summed E-state index contributed by atoms with van der Waals surface area (Å²) < 4.78 is 0. The van der Waals surface area contributed by atoms with Crippen molar-refractivity contribution >= 4 is 17.5 Å². The van der Waals surface area contributed by atoms with Crippen LogP contribution >= 0.6 is 11.6 Å². The number of carbonyl (C=O) groups is 1. The lowest BCUT2D eigenvalue weighted by atomic mass is 10.0. The fourth-order valence-corrected chi connectivity index (χ4v) is 2.66. The highest BCUT2D eigenvalue weighted by molar-refractivity contribution is 6.30. The highest BCUT2D eigenvalue weighted by atomic mass is 35.5. The van der Waals surface area contributed by atoms with E-state index >= 15 is 0 Å². The largest absolute Gasteiger partial charge is 0.327 e. The van der Waals surface area contributed by atoms with Gasteiger partial charge in [0, 0.05) is 24.0 Å². The minimum Gasteiger partial charge on any atom is -0.327 e. The molecule has 1 amide bonds. The average Bonchev–Trinajstić information content (AvgIpc) is 2.89. The van der Waals surface area contributed by atoms with Gasteiger partial charge in [-0.05, 0) is 37.0 Å². The number of halogens is 1. The fraction of sp³-hybridized carbons (Fsp3) is 0.467. The fourth-order valence-electron chi connectivity index (χ4n) is 2.54. The van der Waals surface area contributed by atoms with Gasteiger partial charge < -0.3 is 10.6 Å². The molecule has 0 bridgehead atoms. The van der Waals surface area contributed by atoms with E-state index in [2.05, 4.69) is 6.07 Å². The monoisotopic (exact) mass is 291 g/mol. The zero-order valence-electron chi connectivity index (χ0n) is 11.3. The first-order valence-electron chi connectivity index (χ1n) is 6.79. The molecule has 0 radical (unpaired) electrons. The first-order valence-corrected chi connectivity index (χ1v) is 7.17. The smallest absolute Gasteiger partial charge is 0.225 e. The maximum absolute atomic E-state index is 12.1. The Bertz CT molecular complexity index is 509. The molecule has 20 heavy (non-hydrogen) atoms. The SMILES string of the molecule is N#C[C@@H]1CCCN1C(=O)C[C@H](N)Cc1ccc(Cl)cc1. The number of benzene rings is 1. The highest BCUT2D eigenvalue weighted by Gasteiger charge is 2.29. The molecule has 1 saturated heterocycles. The Hall–Kier alpha value is -1.57.